The first-order chi connectivity index (χ1) is 12.6. The molecule has 5 nitrogen and oxygen atoms in total. The van der Waals surface area contributed by atoms with Crippen LogP contribution in [0.5, 0.6) is 17.2 Å². The molecule has 0 saturated carbocycles. The zero-order valence-electron chi connectivity index (χ0n) is 14.7. The molecule has 0 spiro atoms. The lowest BCUT2D eigenvalue weighted by Crippen LogP contribution is -2.39. The predicted octanol–water partition coefficient (Wildman–Crippen LogP) is 4.12. The summed E-state index contributed by atoms with van der Waals surface area (Å²) in [5.74, 6) is 1.89. The van der Waals surface area contributed by atoms with E-state index in [0.29, 0.717) is 34.1 Å². The van der Waals surface area contributed by atoms with E-state index in [2.05, 4.69) is 0 Å². The fourth-order valence-electron chi connectivity index (χ4n) is 3.42. The third-order valence-corrected chi connectivity index (χ3v) is 4.68. The Morgan fingerprint density at radius 2 is 1.81 bits per heavy atom. The van der Waals surface area contributed by atoms with Gasteiger partial charge >= 0.3 is 0 Å². The van der Waals surface area contributed by atoms with Gasteiger partial charge in [0.2, 0.25) is 5.78 Å². The van der Waals surface area contributed by atoms with Crippen molar-refractivity contribution in [2.45, 2.75) is 12.5 Å². The van der Waals surface area contributed by atoms with Crippen LogP contribution in [0.3, 0.4) is 0 Å². The highest BCUT2D eigenvalue weighted by atomic mass is 16.5. The standard InChI is InChI=1S/C21H18O5/c1-13-10-11-25-20(13)21(16-9-8-14(23-2)12-18(16)24-3)19(22)15-6-4-5-7-17(15)26-21/h4-12H,1-3H3. The van der Waals surface area contributed by atoms with Crippen molar-refractivity contribution in [1.29, 1.82) is 0 Å². The van der Waals surface area contributed by atoms with Crippen molar-refractivity contribution in [1.82, 2.24) is 0 Å². The number of rotatable bonds is 4. The van der Waals surface area contributed by atoms with E-state index in [1.807, 2.05) is 25.1 Å². The molecule has 26 heavy (non-hydrogen) atoms. The van der Waals surface area contributed by atoms with Crippen molar-refractivity contribution in [2.24, 2.45) is 0 Å². The number of carbonyl (C=O) groups is 1. The number of fused-ring (bicyclic) bond motifs is 1. The summed E-state index contributed by atoms with van der Waals surface area (Å²) in [7, 11) is 3.13. The molecule has 1 atom stereocenters. The zero-order valence-corrected chi connectivity index (χ0v) is 14.7. The predicted molar refractivity (Wildman–Crippen MR) is 95.2 cm³/mol. The van der Waals surface area contributed by atoms with E-state index in [1.54, 1.807) is 50.8 Å². The molecule has 1 aliphatic heterocycles. The molecule has 5 heteroatoms. The summed E-state index contributed by atoms with van der Waals surface area (Å²) in [5, 5.41) is 0. The Kier molecular flexibility index (Phi) is 3.72. The highest BCUT2D eigenvalue weighted by Crippen LogP contribution is 2.49. The van der Waals surface area contributed by atoms with E-state index in [0.717, 1.165) is 5.56 Å². The minimum Gasteiger partial charge on any atom is -0.497 e. The first-order valence-electron chi connectivity index (χ1n) is 8.21. The SMILES string of the molecule is COc1ccc(C2(c3occc3C)Oc3ccccc3C2=O)c(OC)c1. The van der Waals surface area contributed by atoms with Gasteiger partial charge in [0.05, 0.1) is 31.6 Å². The summed E-state index contributed by atoms with van der Waals surface area (Å²) in [4.78, 5) is 13.5. The normalized spacial score (nSPS) is 18.3. The summed E-state index contributed by atoms with van der Waals surface area (Å²) < 4.78 is 22.8. The molecule has 2 heterocycles. The van der Waals surface area contributed by atoms with Crippen LogP contribution < -0.4 is 14.2 Å². The van der Waals surface area contributed by atoms with Crippen molar-refractivity contribution in [3.05, 3.63) is 77.2 Å². The topological polar surface area (TPSA) is 57.9 Å². The van der Waals surface area contributed by atoms with Gasteiger partial charge in [-0.1, -0.05) is 12.1 Å². The van der Waals surface area contributed by atoms with Crippen LogP contribution in [0.4, 0.5) is 0 Å². The maximum absolute atomic E-state index is 13.5. The molecule has 2 aromatic carbocycles. The van der Waals surface area contributed by atoms with Crippen LogP contribution >= 0.6 is 0 Å². The Labute approximate surface area is 151 Å². The zero-order chi connectivity index (χ0) is 18.3. The van der Waals surface area contributed by atoms with Gasteiger partial charge in [0.1, 0.15) is 17.2 Å². The monoisotopic (exact) mass is 350 g/mol. The smallest absolute Gasteiger partial charge is 0.257 e. The first-order valence-corrected chi connectivity index (χ1v) is 8.21. The van der Waals surface area contributed by atoms with Crippen LogP contribution in [-0.4, -0.2) is 20.0 Å². The van der Waals surface area contributed by atoms with Gasteiger partial charge < -0.3 is 18.6 Å². The Morgan fingerprint density at radius 1 is 1.00 bits per heavy atom. The molecule has 3 aromatic rings. The average Bonchev–Trinajstić information content (AvgIpc) is 3.23. The van der Waals surface area contributed by atoms with Crippen molar-refractivity contribution in [2.75, 3.05) is 14.2 Å². The third-order valence-electron chi connectivity index (χ3n) is 4.68. The van der Waals surface area contributed by atoms with E-state index in [9.17, 15) is 4.79 Å². The van der Waals surface area contributed by atoms with Gasteiger partial charge in [-0.2, -0.15) is 0 Å². The molecule has 132 valence electrons. The molecule has 0 amide bonds. The molecule has 4 rings (SSSR count). The first kappa shape index (κ1) is 16.3. The number of furan rings is 1. The lowest BCUT2D eigenvalue weighted by atomic mass is 9.83. The van der Waals surface area contributed by atoms with Crippen molar-refractivity contribution < 1.29 is 23.4 Å². The van der Waals surface area contributed by atoms with Crippen molar-refractivity contribution in [3.63, 3.8) is 0 Å². The largest absolute Gasteiger partial charge is 0.497 e. The van der Waals surface area contributed by atoms with Crippen LogP contribution in [0.25, 0.3) is 0 Å². The number of hydrogen-bond acceptors (Lipinski definition) is 5. The quantitative estimate of drug-likeness (QED) is 0.708. The van der Waals surface area contributed by atoms with E-state index in [1.165, 1.54) is 0 Å². The van der Waals surface area contributed by atoms with E-state index in [4.69, 9.17) is 18.6 Å². The molecule has 1 unspecified atom stereocenters. The molecule has 1 aromatic heterocycles. The second-order valence-corrected chi connectivity index (χ2v) is 6.11. The highest BCUT2D eigenvalue weighted by Gasteiger charge is 2.55. The molecular formula is C21H18O5. The van der Waals surface area contributed by atoms with Gasteiger partial charge in [0.15, 0.2) is 5.76 Å². The number of carbonyl (C=O) groups excluding carboxylic acids is 1. The van der Waals surface area contributed by atoms with Crippen LogP contribution in [0.1, 0.15) is 27.2 Å². The molecule has 1 aliphatic rings. The highest BCUT2D eigenvalue weighted by molar-refractivity contribution is 6.10. The van der Waals surface area contributed by atoms with Gasteiger partial charge in [-0.05, 0) is 42.8 Å². The summed E-state index contributed by atoms with van der Waals surface area (Å²) in [6.45, 7) is 1.89. The van der Waals surface area contributed by atoms with E-state index >= 15 is 0 Å². The van der Waals surface area contributed by atoms with E-state index in [-0.39, 0.29) is 5.78 Å². The average molecular weight is 350 g/mol. The van der Waals surface area contributed by atoms with Gasteiger partial charge in [0.25, 0.3) is 5.60 Å². The van der Waals surface area contributed by atoms with Gasteiger partial charge in [-0.3, -0.25) is 4.79 Å². The van der Waals surface area contributed by atoms with Crippen LogP contribution in [0.2, 0.25) is 0 Å². The third kappa shape index (κ3) is 2.13. The van der Waals surface area contributed by atoms with Crippen LogP contribution in [0.15, 0.2) is 59.2 Å². The number of benzene rings is 2. The van der Waals surface area contributed by atoms with Gasteiger partial charge in [-0.25, -0.2) is 0 Å². The molecule has 0 bridgehead atoms. The number of aryl methyl sites for hydroxylation is 1. The van der Waals surface area contributed by atoms with Crippen molar-refractivity contribution in [3.8, 4) is 17.2 Å². The number of para-hydroxylation sites is 1. The number of methoxy groups -OCH3 is 2. The number of Topliss-reactive ketones (excluding diaryl/α,β-unsaturated/α-hetero) is 1. The molecule has 0 saturated heterocycles. The Hall–Kier alpha value is -3.21. The molecule has 0 aliphatic carbocycles. The number of hydrogen-bond donors (Lipinski definition) is 0. The minimum absolute atomic E-state index is 0.186. The Bertz CT molecular complexity index is 988. The second kappa shape index (κ2) is 5.95. The second-order valence-electron chi connectivity index (χ2n) is 6.11. The number of ether oxygens (including phenoxy) is 3. The van der Waals surface area contributed by atoms with E-state index < -0.39 is 5.60 Å². The summed E-state index contributed by atoms with van der Waals surface area (Å²) >= 11 is 0. The fourth-order valence-corrected chi connectivity index (χ4v) is 3.42. The van der Waals surface area contributed by atoms with Crippen molar-refractivity contribution >= 4 is 5.78 Å². The van der Waals surface area contributed by atoms with Gasteiger partial charge in [0, 0.05) is 6.07 Å². The lowest BCUT2D eigenvalue weighted by molar-refractivity contribution is 0.0606. The van der Waals surface area contributed by atoms with Crippen LogP contribution in [-0.2, 0) is 5.60 Å². The summed E-state index contributed by atoms with van der Waals surface area (Å²) in [6, 6.07) is 14.3. The summed E-state index contributed by atoms with van der Waals surface area (Å²) in [5.41, 5.74) is 0.472. The minimum atomic E-state index is -1.44. The maximum Gasteiger partial charge on any atom is 0.257 e. The molecule has 0 radical (unpaired) electrons. The van der Waals surface area contributed by atoms with Crippen LogP contribution in [0, 0.1) is 6.92 Å². The fraction of sp³-hybridized carbons (Fsp3) is 0.190. The molecule has 0 fully saturated rings. The maximum atomic E-state index is 13.5. The number of ketones is 1. The Balaban J connectivity index is 2.01. The summed E-state index contributed by atoms with van der Waals surface area (Å²) in [6.07, 6.45) is 1.56. The van der Waals surface area contributed by atoms with Gasteiger partial charge in [-0.15, -0.1) is 0 Å². The molecular weight excluding hydrogens is 332 g/mol. The Morgan fingerprint density at radius 3 is 2.46 bits per heavy atom. The molecule has 0 N–H and O–H groups in total. The lowest BCUT2D eigenvalue weighted by Gasteiger charge is -2.28.